The average molecular weight is 257 g/mol. The molecule has 0 bridgehead atoms. The zero-order valence-electron chi connectivity index (χ0n) is 11.1. The third-order valence-electron chi connectivity index (χ3n) is 3.39. The minimum absolute atomic E-state index is 0.491. The summed E-state index contributed by atoms with van der Waals surface area (Å²) in [6.45, 7) is 5.10. The Balaban J connectivity index is 1.69. The Morgan fingerprint density at radius 2 is 2.16 bits per heavy atom. The molecule has 0 saturated carbocycles. The molecule has 100 valence electrons. The first-order valence-electron chi connectivity index (χ1n) is 6.75. The maximum absolute atomic E-state index is 4.60. The summed E-state index contributed by atoms with van der Waals surface area (Å²) in [6, 6.07) is 10.8. The van der Waals surface area contributed by atoms with E-state index in [9.17, 15) is 0 Å². The minimum Gasteiger partial charge on any atom is -0.337 e. The van der Waals surface area contributed by atoms with Crippen molar-refractivity contribution in [3.05, 3.63) is 41.7 Å². The predicted octanol–water partition coefficient (Wildman–Crippen LogP) is 1.19. The van der Waals surface area contributed by atoms with E-state index in [1.165, 1.54) is 5.56 Å². The molecule has 0 amide bonds. The summed E-state index contributed by atoms with van der Waals surface area (Å²) in [5.41, 5.74) is 1.25. The number of hydrogen-bond donors (Lipinski definition) is 2. The van der Waals surface area contributed by atoms with Crippen LogP contribution in [0.2, 0.25) is 0 Å². The summed E-state index contributed by atoms with van der Waals surface area (Å²) in [4.78, 5) is 6.82. The summed E-state index contributed by atoms with van der Waals surface area (Å²) in [6.07, 6.45) is 0.801. The fourth-order valence-electron chi connectivity index (χ4n) is 2.41. The van der Waals surface area contributed by atoms with Crippen molar-refractivity contribution in [2.24, 2.45) is 0 Å². The van der Waals surface area contributed by atoms with Crippen LogP contribution in [0.3, 0.4) is 0 Å². The van der Waals surface area contributed by atoms with Gasteiger partial charge in [0.05, 0.1) is 0 Å². The van der Waals surface area contributed by atoms with Crippen LogP contribution >= 0.6 is 0 Å². The number of nitrogens with one attached hydrogen (secondary N) is 2. The topological polar surface area (TPSA) is 56.8 Å². The number of H-pyrrole nitrogens is 1. The van der Waals surface area contributed by atoms with Crippen molar-refractivity contribution < 1.29 is 0 Å². The lowest BCUT2D eigenvalue weighted by atomic mass is 10.1. The normalized spacial score (nSPS) is 19.6. The quantitative estimate of drug-likeness (QED) is 0.867. The van der Waals surface area contributed by atoms with Crippen LogP contribution < -0.4 is 10.2 Å². The molecule has 1 atom stereocenters. The Hall–Kier alpha value is -1.88. The first-order chi connectivity index (χ1) is 9.31. The Labute approximate surface area is 113 Å². The average Bonchev–Trinajstić information content (AvgIpc) is 2.88. The van der Waals surface area contributed by atoms with Crippen LogP contribution in [0.1, 0.15) is 18.3 Å². The van der Waals surface area contributed by atoms with Crippen molar-refractivity contribution in [1.29, 1.82) is 0 Å². The number of anilines is 1. The van der Waals surface area contributed by atoms with E-state index in [0.29, 0.717) is 6.04 Å². The second-order valence-corrected chi connectivity index (χ2v) is 5.05. The van der Waals surface area contributed by atoms with Gasteiger partial charge in [-0.1, -0.05) is 30.3 Å². The zero-order valence-corrected chi connectivity index (χ0v) is 11.1. The van der Waals surface area contributed by atoms with Gasteiger partial charge in [-0.25, -0.2) is 0 Å². The van der Waals surface area contributed by atoms with Crippen molar-refractivity contribution >= 4 is 5.95 Å². The molecule has 19 heavy (non-hydrogen) atoms. The first kappa shape index (κ1) is 12.2. The van der Waals surface area contributed by atoms with Crippen LogP contribution in [-0.4, -0.2) is 40.9 Å². The van der Waals surface area contributed by atoms with Gasteiger partial charge in [-0.15, -0.1) is 5.10 Å². The molecule has 2 aromatic rings. The number of piperazine rings is 1. The van der Waals surface area contributed by atoms with Crippen LogP contribution in [0.25, 0.3) is 0 Å². The smallest absolute Gasteiger partial charge is 0.244 e. The maximum atomic E-state index is 4.60. The molecule has 5 heteroatoms. The van der Waals surface area contributed by atoms with Gasteiger partial charge in [0, 0.05) is 32.1 Å². The molecule has 1 aliphatic heterocycles. The van der Waals surface area contributed by atoms with Gasteiger partial charge < -0.3 is 10.2 Å². The lowest BCUT2D eigenvalue weighted by molar-refractivity contribution is 0.480. The van der Waals surface area contributed by atoms with E-state index in [2.05, 4.69) is 44.5 Å². The largest absolute Gasteiger partial charge is 0.337 e. The lowest BCUT2D eigenvalue weighted by Crippen LogP contribution is -2.49. The molecule has 0 spiro atoms. The molecule has 2 heterocycles. The predicted molar refractivity (Wildman–Crippen MR) is 75.3 cm³/mol. The molecule has 2 N–H and O–H groups in total. The van der Waals surface area contributed by atoms with Crippen LogP contribution in [0.4, 0.5) is 5.95 Å². The van der Waals surface area contributed by atoms with E-state index in [0.717, 1.165) is 37.8 Å². The molecule has 1 aromatic carbocycles. The second-order valence-electron chi connectivity index (χ2n) is 5.05. The number of hydrogen-bond acceptors (Lipinski definition) is 4. The number of aromatic nitrogens is 3. The lowest BCUT2D eigenvalue weighted by Gasteiger charge is -2.30. The molecule has 1 fully saturated rings. The van der Waals surface area contributed by atoms with Crippen molar-refractivity contribution in [1.82, 2.24) is 20.5 Å². The van der Waals surface area contributed by atoms with Gasteiger partial charge in [0.15, 0.2) is 0 Å². The van der Waals surface area contributed by atoms with Gasteiger partial charge in [0.25, 0.3) is 0 Å². The Morgan fingerprint density at radius 1 is 1.32 bits per heavy atom. The molecule has 0 radical (unpaired) electrons. The molecule has 0 unspecified atom stereocenters. The van der Waals surface area contributed by atoms with Gasteiger partial charge in [-0.05, 0) is 12.5 Å². The highest BCUT2D eigenvalue weighted by atomic mass is 15.4. The van der Waals surface area contributed by atoms with E-state index < -0.39 is 0 Å². The van der Waals surface area contributed by atoms with Crippen molar-refractivity contribution in [2.45, 2.75) is 19.4 Å². The highest BCUT2D eigenvalue weighted by Crippen LogP contribution is 2.12. The van der Waals surface area contributed by atoms with E-state index >= 15 is 0 Å². The number of benzene rings is 1. The van der Waals surface area contributed by atoms with Gasteiger partial charge in [0.2, 0.25) is 5.95 Å². The van der Waals surface area contributed by atoms with Gasteiger partial charge >= 0.3 is 0 Å². The van der Waals surface area contributed by atoms with Crippen molar-refractivity contribution in [3.63, 3.8) is 0 Å². The highest BCUT2D eigenvalue weighted by Gasteiger charge is 2.19. The summed E-state index contributed by atoms with van der Waals surface area (Å²) >= 11 is 0. The van der Waals surface area contributed by atoms with Crippen LogP contribution in [-0.2, 0) is 6.42 Å². The first-order valence-corrected chi connectivity index (χ1v) is 6.75. The Kier molecular flexibility index (Phi) is 3.46. The fourth-order valence-corrected chi connectivity index (χ4v) is 2.41. The summed E-state index contributed by atoms with van der Waals surface area (Å²) in [5.74, 6) is 1.74. The SMILES string of the molecule is C[C@H]1CN(c2n[nH]c(Cc3ccccc3)n2)CCN1. The molecule has 1 saturated heterocycles. The third kappa shape index (κ3) is 2.93. The van der Waals surface area contributed by atoms with Crippen molar-refractivity contribution in [2.75, 3.05) is 24.5 Å². The molecule has 5 nitrogen and oxygen atoms in total. The van der Waals surface area contributed by atoms with E-state index in [-0.39, 0.29) is 0 Å². The third-order valence-corrected chi connectivity index (χ3v) is 3.39. The van der Waals surface area contributed by atoms with Gasteiger partial charge in [-0.2, -0.15) is 4.98 Å². The summed E-state index contributed by atoms with van der Waals surface area (Å²) in [7, 11) is 0. The Morgan fingerprint density at radius 3 is 2.95 bits per heavy atom. The number of rotatable bonds is 3. The van der Waals surface area contributed by atoms with E-state index in [4.69, 9.17) is 0 Å². The second kappa shape index (κ2) is 5.40. The molecule has 1 aliphatic rings. The molecule has 1 aromatic heterocycles. The van der Waals surface area contributed by atoms with Crippen LogP contribution in [0.5, 0.6) is 0 Å². The zero-order chi connectivity index (χ0) is 13.1. The maximum Gasteiger partial charge on any atom is 0.244 e. The highest BCUT2D eigenvalue weighted by molar-refractivity contribution is 5.31. The molecule has 0 aliphatic carbocycles. The van der Waals surface area contributed by atoms with Crippen molar-refractivity contribution in [3.8, 4) is 0 Å². The standard InChI is InChI=1S/C14H19N5/c1-11-10-19(8-7-15-11)14-16-13(17-18-14)9-12-5-3-2-4-6-12/h2-6,11,15H,7-10H2,1H3,(H,16,17,18)/t11-/m0/s1. The minimum atomic E-state index is 0.491. The Bertz CT molecular complexity index is 522. The monoisotopic (exact) mass is 257 g/mol. The summed E-state index contributed by atoms with van der Waals surface area (Å²) < 4.78 is 0. The van der Waals surface area contributed by atoms with Gasteiger partial charge in [-0.3, -0.25) is 5.10 Å². The number of aromatic amines is 1. The number of nitrogens with zero attached hydrogens (tertiary/aromatic N) is 3. The van der Waals surface area contributed by atoms with Gasteiger partial charge in [0.1, 0.15) is 5.82 Å². The molecular formula is C14H19N5. The molecule has 3 rings (SSSR count). The van der Waals surface area contributed by atoms with E-state index in [1.807, 2.05) is 18.2 Å². The van der Waals surface area contributed by atoms with Crippen LogP contribution in [0, 0.1) is 0 Å². The van der Waals surface area contributed by atoms with Crippen LogP contribution in [0.15, 0.2) is 30.3 Å². The fraction of sp³-hybridized carbons (Fsp3) is 0.429. The summed E-state index contributed by atoms with van der Waals surface area (Å²) in [5, 5.41) is 10.8. The van der Waals surface area contributed by atoms with E-state index in [1.54, 1.807) is 0 Å². The molecular weight excluding hydrogens is 238 g/mol.